The van der Waals surface area contributed by atoms with Crippen LogP contribution >= 0.6 is 0 Å². The second-order valence-corrected chi connectivity index (χ2v) is 4.57. The van der Waals surface area contributed by atoms with E-state index in [0.29, 0.717) is 6.04 Å². The van der Waals surface area contributed by atoms with E-state index in [1.165, 1.54) is 58.3 Å². The van der Waals surface area contributed by atoms with Gasteiger partial charge in [-0.25, -0.2) is 0 Å². The van der Waals surface area contributed by atoms with E-state index in [2.05, 4.69) is 24.1 Å². The van der Waals surface area contributed by atoms with Crippen molar-refractivity contribution in [1.82, 2.24) is 10.2 Å². The normalized spacial score (nSPS) is 20.1. The average Bonchev–Trinajstić information content (AvgIpc) is 2.65. The van der Waals surface area contributed by atoms with E-state index in [1.54, 1.807) is 0 Å². The summed E-state index contributed by atoms with van der Waals surface area (Å²) in [4.78, 5) is 2.58. The molecule has 0 saturated carbocycles. The predicted molar refractivity (Wildman–Crippen MR) is 62.7 cm³/mol. The van der Waals surface area contributed by atoms with Crippen molar-refractivity contribution in [3.63, 3.8) is 0 Å². The summed E-state index contributed by atoms with van der Waals surface area (Å²) < 4.78 is 0. The van der Waals surface area contributed by atoms with Crippen LogP contribution in [0.5, 0.6) is 0 Å². The van der Waals surface area contributed by atoms with Gasteiger partial charge in [-0.2, -0.15) is 0 Å². The van der Waals surface area contributed by atoms with Crippen LogP contribution in [0.15, 0.2) is 0 Å². The van der Waals surface area contributed by atoms with Crippen molar-refractivity contribution in [3.8, 4) is 0 Å². The lowest BCUT2D eigenvalue weighted by atomic mass is 10.2. The van der Waals surface area contributed by atoms with Gasteiger partial charge >= 0.3 is 0 Å². The maximum absolute atomic E-state index is 3.60. The van der Waals surface area contributed by atoms with E-state index in [1.807, 2.05) is 0 Å². The Morgan fingerprint density at radius 2 is 1.93 bits per heavy atom. The van der Waals surface area contributed by atoms with Crippen LogP contribution in [0, 0.1) is 0 Å². The lowest BCUT2D eigenvalue weighted by Gasteiger charge is -2.21. The fraction of sp³-hybridized carbons (Fsp3) is 1.00. The second-order valence-electron chi connectivity index (χ2n) is 4.57. The van der Waals surface area contributed by atoms with Crippen LogP contribution in [0.4, 0.5) is 0 Å². The van der Waals surface area contributed by atoms with Gasteiger partial charge in [-0.3, -0.25) is 0 Å². The Hall–Kier alpha value is -0.0800. The molecule has 1 unspecified atom stereocenters. The summed E-state index contributed by atoms with van der Waals surface area (Å²) in [5.74, 6) is 0. The van der Waals surface area contributed by atoms with Crippen LogP contribution in [0.1, 0.15) is 46.0 Å². The number of unbranched alkanes of at least 4 members (excludes halogenated alkanes) is 2. The first-order valence-electron chi connectivity index (χ1n) is 6.28. The molecule has 14 heavy (non-hydrogen) atoms. The van der Waals surface area contributed by atoms with Crippen LogP contribution in [-0.2, 0) is 0 Å². The van der Waals surface area contributed by atoms with E-state index in [4.69, 9.17) is 0 Å². The molecule has 0 aromatic carbocycles. The minimum absolute atomic E-state index is 0.671. The maximum Gasteiger partial charge on any atom is 0.0166 e. The molecule has 0 aliphatic carbocycles. The highest BCUT2D eigenvalue weighted by molar-refractivity contribution is 4.72. The first-order chi connectivity index (χ1) is 6.83. The first-order valence-corrected chi connectivity index (χ1v) is 6.28. The summed E-state index contributed by atoms with van der Waals surface area (Å²) in [5, 5.41) is 3.60. The van der Waals surface area contributed by atoms with E-state index < -0.39 is 0 Å². The van der Waals surface area contributed by atoms with E-state index in [0.717, 1.165) is 0 Å². The second kappa shape index (κ2) is 7.24. The molecule has 1 rings (SSSR count). The molecular formula is C12H26N2. The highest BCUT2D eigenvalue weighted by atomic mass is 15.2. The molecule has 0 aromatic heterocycles. The Bertz CT molecular complexity index is 130. The zero-order chi connectivity index (χ0) is 10.2. The molecule has 1 atom stereocenters. The van der Waals surface area contributed by atoms with Gasteiger partial charge in [0, 0.05) is 12.6 Å². The lowest BCUT2D eigenvalue weighted by Crippen LogP contribution is -2.38. The molecule has 1 heterocycles. The highest BCUT2D eigenvalue weighted by Gasteiger charge is 2.13. The Balaban J connectivity index is 1.95. The summed E-state index contributed by atoms with van der Waals surface area (Å²) in [7, 11) is 0. The minimum atomic E-state index is 0.671. The van der Waals surface area contributed by atoms with Crippen LogP contribution in [0.2, 0.25) is 0 Å². The molecule has 0 aromatic rings. The van der Waals surface area contributed by atoms with Crippen molar-refractivity contribution in [2.24, 2.45) is 0 Å². The van der Waals surface area contributed by atoms with Crippen molar-refractivity contribution in [3.05, 3.63) is 0 Å². The van der Waals surface area contributed by atoms with Crippen molar-refractivity contribution in [2.75, 3.05) is 26.2 Å². The number of nitrogens with one attached hydrogen (secondary N) is 1. The monoisotopic (exact) mass is 198 g/mol. The molecule has 0 bridgehead atoms. The summed E-state index contributed by atoms with van der Waals surface area (Å²) in [5.41, 5.74) is 0. The fourth-order valence-corrected chi connectivity index (χ4v) is 2.14. The minimum Gasteiger partial charge on any atom is -0.313 e. The number of hydrogen-bond donors (Lipinski definition) is 1. The zero-order valence-corrected chi connectivity index (χ0v) is 9.89. The molecule has 1 aliphatic heterocycles. The molecule has 1 saturated heterocycles. The molecule has 1 N–H and O–H groups in total. The zero-order valence-electron chi connectivity index (χ0n) is 9.89. The van der Waals surface area contributed by atoms with Crippen molar-refractivity contribution in [1.29, 1.82) is 0 Å². The van der Waals surface area contributed by atoms with E-state index in [9.17, 15) is 0 Å². The topological polar surface area (TPSA) is 15.3 Å². The van der Waals surface area contributed by atoms with Gasteiger partial charge in [-0.1, -0.05) is 19.8 Å². The van der Waals surface area contributed by atoms with Gasteiger partial charge in [-0.05, 0) is 45.8 Å². The van der Waals surface area contributed by atoms with Crippen LogP contribution in [0.3, 0.4) is 0 Å². The Morgan fingerprint density at radius 1 is 1.21 bits per heavy atom. The lowest BCUT2D eigenvalue weighted by molar-refractivity contribution is 0.298. The molecule has 0 spiro atoms. The van der Waals surface area contributed by atoms with Crippen molar-refractivity contribution < 1.29 is 0 Å². The van der Waals surface area contributed by atoms with Gasteiger partial charge in [0.25, 0.3) is 0 Å². The van der Waals surface area contributed by atoms with E-state index in [-0.39, 0.29) is 0 Å². The first kappa shape index (κ1) is 12.0. The smallest absolute Gasteiger partial charge is 0.0166 e. The standard InChI is InChI=1S/C12H26N2/c1-3-4-5-8-13-12(2)11-14-9-6-7-10-14/h12-13H,3-11H2,1-2H3. The highest BCUT2D eigenvalue weighted by Crippen LogP contribution is 2.07. The third-order valence-electron chi connectivity index (χ3n) is 3.00. The van der Waals surface area contributed by atoms with Gasteiger partial charge in [-0.15, -0.1) is 0 Å². The molecule has 1 fully saturated rings. The van der Waals surface area contributed by atoms with Crippen LogP contribution < -0.4 is 5.32 Å². The third kappa shape index (κ3) is 4.97. The van der Waals surface area contributed by atoms with E-state index >= 15 is 0 Å². The Kier molecular flexibility index (Phi) is 6.20. The molecule has 2 heteroatoms. The van der Waals surface area contributed by atoms with Crippen LogP contribution in [0.25, 0.3) is 0 Å². The SMILES string of the molecule is CCCCCNC(C)CN1CCCC1. The summed E-state index contributed by atoms with van der Waals surface area (Å²) >= 11 is 0. The summed E-state index contributed by atoms with van der Waals surface area (Å²) in [6.07, 6.45) is 6.83. The number of likely N-dealkylation sites (tertiary alicyclic amines) is 1. The average molecular weight is 198 g/mol. The Labute approximate surface area is 89.1 Å². The summed E-state index contributed by atoms with van der Waals surface area (Å²) in [6, 6.07) is 0.671. The molecule has 2 nitrogen and oxygen atoms in total. The molecule has 1 aliphatic rings. The van der Waals surface area contributed by atoms with Gasteiger partial charge in [0.05, 0.1) is 0 Å². The van der Waals surface area contributed by atoms with Gasteiger partial charge in [0.2, 0.25) is 0 Å². The van der Waals surface area contributed by atoms with Crippen molar-refractivity contribution in [2.45, 2.75) is 52.0 Å². The molecule has 84 valence electrons. The number of rotatable bonds is 7. The quantitative estimate of drug-likeness (QED) is 0.631. The predicted octanol–water partition coefficient (Wildman–Crippen LogP) is 2.25. The Morgan fingerprint density at radius 3 is 2.57 bits per heavy atom. The molecule has 0 amide bonds. The van der Waals surface area contributed by atoms with Gasteiger partial charge in [0.15, 0.2) is 0 Å². The van der Waals surface area contributed by atoms with Crippen LogP contribution in [-0.4, -0.2) is 37.1 Å². The van der Waals surface area contributed by atoms with Gasteiger partial charge in [0.1, 0.15) is 0 Å². The summed E-state index contributed by atoms with van der Waals surface area (Å²) in [6.45, 7) is 9.65. The number of nitrogens with zero attached hydrogens (tertiary/aromatic N) is 1. The fourth-order valence-electron chi connectivity index (χ4n) is 2.14. The van der Waals surface area contributed by atoms with Gasteiger partial charge < -0.3 is 10.2 Å². The number of hydrogen-bond acceptors (Lipinski definition) is 2. The molecular weight excluding hydrogens is 172 g/mol. The maximum atomic E-state index is 3.60. The third-order valence-corrected chi connectivity index (χ3v) is 3.00. The largest absolute Gasteiger partial charge is 0.313 e. The van der Waals surface area contributed by atoms with Crippen molar-refractivity contribution >= 4 is 0 Å². The molecule has 0 radical (unpaired) electrons.